The normalized spacial score (nSPS) is 11.6. The second-order valence-corrected chi connectivity index (χ2v) is 5.54. The van der Waals surface area contributed by atoms with Gasteiger partial charge in [0.2, 0.25) is 0 Å². The number of nitrogens with one attached hydrogen (secondary N) is 1. The molecule has 0 amide bonds. The lowest BCUT2D eigenvalue weighted by molar-refractivity contribution is -0.138. The van der Waals surface area contributed by atoms with E-state index in [0.29, 0.717) is 17.3 Å². The van der Waals surface area contributed by atoms with Gasteiger partial charge in [-0.3, -0.25) is 0 Å². The van der Waals surface area contributed by atoms with Crippen molar-refractivity contribution in [2.75, 3.05) is 5.32 Å². The second kappa shape index (κ2) is 5.43. The first kappa shape index (κ1) is 14.2. The minimum Gasteiger partial charge on any atom is -0.380 e. The van der Waals surface area contributed by atoms with Crippen molar-refractivity contribution < 1.29 is 13.2 Å². The Morgan fingerprint density at radius 3 is 2.58 bits per heavy atom. The highest BCUT2D eigenvalue weighted by molar-refractivity contribution is 7.10. The van der Waals surface area contributed by atoms with Crippen molar-refractivity contribution in [2.24, 2.45) is 0 Å². The molecule has 0 saturated heterocycles. The van der Waals surface area contributed by atoms with Crippen molar-refractivity contribution in [1.29, 1.82) is 0 Å². The first-order valence-electron chi connectivity index (χ1n) is 5.51. The summed E-state index contributed by atoms with van der Waals surface area (Å²) >= 11 is 7.25. The molecule has 19 heavy (non-hydrogen) atoms. The number of halogens is 4. The van der Waals surface area contributed by atoms with Gasteiger partial charge in [0.15, 0.2) is 0 Å². The van der Waals surface area contributed by atoms with Gasteiger partial charge in [-0.2, -0.15) is 13.2 Å². The minimum absolute atomic E-state index is 0.220. The van der Waals surface area contributed by atoms with E-state index in [1.165, 1.54) is 24.3 Å². The van der Waals surface area contributed by atoms with Crippen molar-refractivity contribution in [3.8, 4) is 0 Å². The monoisotopic (exact) mass is 305 g/mol. The van der Waals surface area contributed by atoms with Crippen LogP contribution in [0.2, 0.25) is 5.02 Å². The Hall–Kier alpha value is -1.20. The van der Waals surface area contributed by atoms with Gasteiger partial charge in [0.05, 0.1) is 10.6 Å². The van der Waals surface area contributed by atoms with Gasteiger partial charge in [0, 0.05) is 22.5 Å². The van der Waals surface area contributed by atoms with E-state index in [0.717, 1.165) is 10.9 Å². The molecule has 1 aromatic heterocycles. The van der Waals surface area contributed by atoms with E-state index in [9.17, 15) is 13.2 Å². The molecular formula is C13H11ClF3NS. The molecule has 1 aromatic carbocycles. The molecule has 0 bridgehead atoms. The highest BCUT2D eigenvalue weighted by Crippen LogP contribution is 2.33. The van der Waals surface area contributed by atoms with Crippen LogP contribution in [0.1, 0.15) is 16.0 Å². The maximum atomic E-state index is 12.8. The molecule has 6 heteroatoms. The molecule has 1 nitrogen and oxygen atoms in total. The lowest BCUT2D eigenvalue weighted by Gasteiger charge is -2.13. The number of aryl methyl sites for hydroxylation is 1. The van der Waals surface area contributed by atoms with Crippen LogP contribution in [0.25, 0.3) is 0 Å². The van der Waals surface area contributed by atoms with Crippen LogP contribution in [-0.4, -0.2) is 0 Å². The molecule has 0 aliphatic heterocycles. The number of hydrogen-bond donors (Lipinski definition) is 1. The van der Waals surface area contributed by atoms with Gasteiger partial charge in [-0.05, 0) is 30.7 Å². The number of benzene rings is 1. The summed E-state index contributed by atoms with van der Waals surface area (Å²) in [4.78, 5) is 0.971. The quantitative estimate of drug-likeness (QED) is 0.807. The van der Waals surface area contributed by atoms with Crippen LogP contribution in [0.15, 0.2) is 29.6 Å². The molecule has 0 atom stereocenters. The van der Waals surface area contributed by atoms with Crippen LogP contribution in [0.5, 0.6) is 0 Å². The van der Waals surface area contributed by atoms with Gasteiger partial charge in [0.1, 0.15) is 0 Å². The highest BCUT2D eigenvalue weighted by atomic mass is 35.5. The number of anilines is 1. The average Bonchev–Trinajstić information content (AvgIpc) is 2.72. The van der Waals surface area contributed by atoms with Crippen LogP contribution in [-0.2, 0) is 12.7 Å². The maximum Gasteiger partial charge on any atom is 0.416 e. The van der Waals surface area contributed by atoms with E-state index in [4.69, 9.17) is 11.6 Å². The number of alkyl halides is 3. The van der Waals surface area contributed by atoms with Crippen molar-refractivity contribution in [3.63, 3.8) is 0 Å². The zero-order valence-electron chi connectivity index (χ0n) is 10.0. The SMILES string of the molecule is Cc1ccc(NCc2cc(Cl)cs2)cc1C(F)(F)F. The number of thiophene rings is 1. The Balaban J connectivity index is 2.13. The molecule has 2 aromatic rings. The Morgan fingerprint density at radius 1 is 1.26 bits per heavy atom. The molecule has 1 heterocycles. The summed E-state index contributed by atoms with van der Waals surface area (Å²) in [6.45, 7) is 1.91. The highest BCUT2D eigenvalue weighted by Gasteiger charge is 2.32. The predicted octanol–water partition coefficient (Wildman–Crippen LogP) is 5.34. The van der Waals surface area contributed by atoms with E-state index >= 15 is 0 Å². The molecule has 0 unspecified atom stereocenters. The van der Waals surface area contributed by atoms with Crippen LogP contribution in [0.3, 0.4) is 0 Å². The molecule has 0 aliphatic rings. The third-order valence-electron chi connectivity index (χ3n) is 2.63. The number of hydrogen-bond acceptors (Lipinski definition) is 2. The standard InChI is InChI=1S/C13H11ClF3NS/c1-8-2-3-10(5-12(8)13(15,16)17)18-6-11-4-9(14)7-19-11/h2-5,7,18H,6H2,1H3. The van der Waals surface area contributed by atoms with Gasteiger partial charge in [-0.25, -0.2) is 0 Å². The van der Waals surface area contributed by atoms with Crippen LogP contribution < -0.4 is 5.32 Å². The summed E-state index contributed by atoms with van der Waals surface area (Å²) < 4.78 is 38.3. The lowest BCUT2D eigenvalue weighted by Crippen LogP contribution is -2.08. The molecule has 102 valence electrons. The Morgan fingerprint density at radius 2 is 2.00 bits per heavy atom. The first-order chi connectivity index (χ1) is 8.86. The van der Waals surface area contributed by atoms with E-state index in [1.54, 1.807) is 17.5 Å². The lowest BCUT2D eigenvalue weighted by atomic mass is 10.1. The third-order valence-corrected chi connectivity index (χ3v) is 3.92. The zero-order valence-corrected chi connectivity index (χ0v) is 11.6. The largest absolute Gasteiger partial charge is 0.416 e. The predicted molar refractivity (Wildman–Crippen MR) is 72.8 cm³/mol. The van der Waals surface area contributed by atoms with Gasteiger partial charge in [-0.1, -0.05) is 17.7 Å². The topological polar surface area (TPSA) is 12.0 Å². The molecule has 1 N–H and O–H groups in total. The fourth-order valence-electron chi connectivity index (χ4n) is 1.67. The maximum absolute atomic E-state index is 12.8. The molecule has 0 aliphatic carbocycles. The van der Waals surface area contributed by atoms with Gasteiger partial charge < -0.3 is 5.32 Å². The number of rotatable bonds is 3. The summed E-state index contributed by atoms with van der Waals surface area (Å²) in [6, 6.07) is 6.02. The summed E-state index contributed by atoms with van der Waals surface area (Å²) in [5.74, 6) is 0. The molecule has 0 spiro atoms. The van der Waals surface area contributed by atoms with Gasteiger partial charge >= 0.3 is 6.18 Å². The Kier molecular flexibility index (Phi) is 4.06. The Bertz CT molecular complexity index is 578. The molecule has 2 rings (SSSR count). The van der Waals surface area contributed by atoms with Gasteiger partial charge in [0.25, 0.3) is 0 Å². The van der Waals surface area contributed by atoms with E-state index in [1.807, 2.05) is 0 Å². The second-order valence-electron chi connectivity index (χ2n) is 4.11. The minimum atomic E-state index is -4.33. The van der Waals surface area contributed by atoms with E-state index in [2.05, 4.69) is 5.32 Å². The van der Waals surface area contributed by atoms with Crippen molar-refractivity contribution in [3.05, 3.63) is 50.7 Å². The molecule has 0 radical (unpaired) electrons. The Labute approximate surface area is 118 Å². The smallest absolute Gasteiger partial charge is 0.380 e. The fourth-order valence-corrected chi connectivity index (χ4v) is 2.69. The van der Waals surface area contributed by atoms with E-state index < -0.39 is 11.7 Å². The first-order valence-corrected chi connectivity index (χ1v) is 6.76. The van der Waals surface area contributed by atoms with Crippen LogP contribution >= 0.6 is 22.9 Å². The van der Waals surface area contributed by atoms with Crippen molar-refractivity contribution >= 4 is 28.6 Å². The fraction of sp³-hybridized carbons (Fsp3) is 0.231. The van der Waals surface area contributed by atoms with Crippen molar-refractivity contribution in [1.82, 2.24) is 0 Å². The van der Waals surface area contributed by atoms with Crippen molar-refractivity contribution in [2.45, 2.75) is 19.6 Å². The molecular weight excluding hydrogens is 295 g/mol. The van der Waals surface area contributed by atoms with E-state index in [-0.39, 0.29) is 5.56 Å². The van der Waals surface area contributed by atoms with Crippen LogP contribution in [0.4, 0.5) is 18.9 Å². The average molecular weight is 306 g/mol. The molecule has 0 saturated carbocycles. The van der Waals surface area contributed by atoms with Gasteiger partial charge in [-0.15, -0.1) is 11.3 Å². The zero-order chi connectivity index (χ0) is 14.0. The summed E-state index contributed by atoms with van der Waals surface area (Å²) in [5, 5.41) is 5.39. The summed E-state index contributed by atoms with van der Waals surface area (Å²) in [5.41, 5.74) is 0.0568. The molecule has 0 fully saturated rings. The summed E-state index contributed by atoms with van der Waals surface area (Å²) in [6.07, 6.45) is -4.33. The summed E-state index contributed by atoms with van der Waals surface area (Å²) in [7, 11) is 0. The third kappa shape index (κ3) is 3.64. The van der Waals surface area contributed by atoms with Crippen LogP contribution in [0, 0.1) is 6.92 Å².